The summed E-state index contributed by atoms with van der Waals surface area (Å²) < 4.78 is 3.07. The van der Waals surface area contributed by atoms with Gasteiger partial charge in [-0.3, -0.25) is 19.1 Å². The molecule has 0 spiro atoms. The molecule has 29 heavy (non-hydrogen) atoms. The summed E-state index contributed by atoms with van der Waals surface area (Å²) in [6.07, 6.45) is 4.83. The lowest BCUT2D eigenvalue weighted by atomic mass is 10.2. The molecule has 0 fully saturated rings. The first-order valence-corrected chi connectivity index (χ1v) is 9.28. The molecule has 0 unspecified atom stereocenters. The monoisotopic (exact) mass is 388 g/mol. The molecule has 0 saturated heterocycles. The van der Waals surface area contributed by atoms with Gasteiger partial charge in [0.25, 0.3) is 5.56 Å². The summed E-state index contributed by atoms with van der Waals surface area (Å²) >= 11 is 0. The first-order chi connectivity index (χ1) is 14.1. The van der Waals surface area contributed by atoms with E-state index in [9.17, 15) is 9.59 Å². The zero-order valence-electron chi connectivity index (χ0n) is 15.9. The predicted molar refractivity (Wildman–Crippen MR) is 109 cm³/mol. The molecule has 4 rings (SSSR count). The number of aryl methyl sites for hydroxylation is 2. The average Bonchev–Trinajstić information content (AvgIpc) is 3.18. The van der Waals surface area contributed by atoms with Crippen LogP contribution in [-0.4, -0.2) is 30.2 Å². The molecule has 1 N–H and O–H groups in total. The van der Waals surface area contributed by atoms with Crippen molar-refractivity contribution >= 4 is 16.9 Å². The third-order valence-electron chi connectivity index (χ3n) is 4.61. The van der Waals surface area contributed by atoms with Crippen LogP contribution in [0.15, 0.2) is 66.0 Å². The second-order valence-corrected chi connectivity index (χ2v) is 6.72. The van der Waals surface area contributed by atoms with Gasteiger partial charge in [-0.2, -0.15) is 5.10 Å². The second-order valence-electron chi connectivity index (χ2n) is 6.72. The normalized spacial score (nSPS) is 10.9. The summed E-state index contributed by atoms with van der Waals surface area (Å²) in [5.74, 6) is -0.155. The van der Waals surface area contributed by atoms with Gasteiger partial charge in [0.05, 0.1) is 30.5 Å². The number of carbonyl (C=O) groups is 1. The molecular weight excluding hydrogens is 368 g/mol. The summed E-state index contributed by atoms with van der Waals surface area (Å²) in [5, 5.41) is 7.53. The maximum Gasteiger partial charge on any atom is 0.264 e. The van der Waals surface area contributed by atoms with Crippen LogP contribution in [0.25, 0.3) is 16.7 Å². The smallest absolute Gasteiger partial charge is 0.264 e. The van der Waals surface area contributed by atoms with Crippen LogP contribution in [0.2, 0.25) is 0 Å². The molecule has 0 aliphatic rings. The van der Waals surface area contributed by atoms with E-state index in [1.54, 1.807) is 10.9 Å². The minimum Gasteiger partial charge on any atom is -0.350 e. The van der Waals surface area contributed by atoms with Crippen molar-refractivity contribution in [2.45, 2.75) is 26.4 Å². The molecule has 1 aromatic carbocycles. The molecule has 0 aliphatic heterocycles. The van der Waals surface area contributed by atoms with Gasteiger partial charge in [0.1, 0.15) is 5.39 Å². The minimum atomic E-state index is -0.217. The maximum absolute atomic E-state index is 12.7. The number of rotatable bonds is 6. The molecule has 0 radical (unpaired) electrons. The van der Waals surface area contributed by atoms with Gasteiger partial charge in [0.2, 0.25) is 5.91 Å². The number of nitrogens with zero attached hydrogens (tertiary/aromatic N) is 5. The van der Waals surface area contributed by atoms with E-state index in [0.29, 0.717) is 17.6 Å². The Labute approximate surface area is 166 Å². The molecule has 8 heteroatoms. The Bertz CT molecular complexity index is 1200. The molecule has 4 aromatic rings. The highest BCUT2D eigenvalue weighted by atomic mass is 16.1. The summed E-state index contributed by atoms with van der Waals surface area (Å²) in [7, 11) is 0. The van der Waals surface area contributed by atoms with Gasteiger partial charge in [-0.15, -0.1) is 0 Å². The van der Waals surface area contributed by atoms with E-state index in [4.69, 9.17) is 0 Å². The van der Waals surface area contributed by atoms with E-state index >= 15 is 0 Å². The van der Waals surface area contributed by atoms with Crippen LogP contribution in [-0.2, 0) is 17.9 Å². The Morgan fingerprint density at radius 3 is 2.69 bits per heavy atom. The first kappa shape index (κ1) is 18.5. The lowest BCUT2D eigenvalue weighted by molar-refractivity contribution is -0.121. The fourth-order valence-electron chi connectivity index (χ4n) is 2.99. The van der Waals surface area contributed by atoms with Crippen molar-refractivity contribution in [1.29, 1.82) is 0 Å². The van der Waals surface area contributed by atoms with Gasteiger partial charge in [0.15, 0.2) is 5.65 Å². The van der Waals surface area contributed by atoms with E-state index in [1.165, 1.54) is 17.1 Å². The molecule has 0 aliphatic carbocycles. The van der Waals surface area contributed by atoms with Crippen molar-refractivity contribution < 1.29 is 4.79 Å². The highest BCUT2D eigenvalue weighted by Crippen LogP contribution is 2.14. The number of benzene rings is 1. The third kappa shape index (κ3) is 4.06. The SMILES string of the molecule is Cc1ccc(-n2ncc3c(=O)n(CCC(=O)NCc4ccccn4)cnc32)cc1. The van der Waals surface area contributed by atoms with Gasteiger partial charge < -0.3 is 5.32 Å². The van der Waals surface area contributed by atoms with Crippen LogP contribution in [0.1, 0.15) is 17.7 Å². The summed E-state index contributed by atoms with van der Waals surface area (Å²) in [6.45, 7) is 2.61. The molecule has 3 heterocycles. The topological polar surface area (TPSA) is 94.7 Å². The summed E-state index contributed by atoms with van der Waals surface area (Å²) in [5.41, 5.74) is 3.04. The van der Waals surface area contributed by atoms with Crippen LogP contribution < -0.4 is 10.9 Å². The lowest BCUT2D eigenvalue weighted by Crippen LogP contribution is -2.27. The average molecular weight is 388 g/mol. The van der Waals surface area contributed by atoms with Gasteiger partial charge in [-0.25, -0.2) is 9.67 Å². The highest BCUT2D eigenvalue weighted by Gasteiger charge is 2.12. The summed E-state index contributed by atoms with van der Waals surface area (Å²) in [4.78, 5) is 33.4. The van der Waals surface area contributed by atoms with Gasteiger partial charge in [0, 0.05) is 19.2 Å². The fourth-order valence-corrected chi connectivity index (χ4v) is 2.99. The fraction of sp³-hybridized carbons (Fsp3) is 0.190. The van der Waals surface area contributed by atoms with Crippen LogP contribution in [0.4, 0.5) is 0 Å². The van der Waals surface area contributed by atoms with Crippen LogP contribution >= 0.6 is 0 Å². The minimum absolute atomic E-state index is 0.155. The maximum atomic E-state index is 12.7. The van der Waals surface area contributed by atoms with E-state index in [2.05, 4.69) is 20.4 Å². The van der Waals surface area contributed by atoms with Crippen molar-refractivity contribution in [3.63, 3.8) is 0 Å². The standard InChI is InChI=1S/C21H20N6O2/c1-15-5-7-17(8-6-15)27-20-18(13-25-27)21(29)26(14-24-20)11-9-19(28)23-12-16-4-2-3-10-22-16/h2-8,10,13-14H,9,11-12H2,1H3,(H,23,28). The molecule has 0 atom stereocenters. The number of pyridine rings is 1. The highest BCUT2D eigenvalue weighted by molar-refractivity contribution is 5.76. The van der Waals surface area contributed by atoms with Crippen LogP contribution in [0.3, 0.4) is 0 Å². The number of nitrogens with one attached hydrogen (secondary N) is 1. The van der Waals surface area contributed by atoms with Crippen molar-refractivity contribution in [3.8, 4) is 5.69 Å². The van der Waals surface area contributed by atoms with Crippen LogP contribution in [0, 0.1) is 6.92 Å². The largest absolute Gasteiger partial charge is 0.350 e. The zero-order chi connectivity index (χ0) is 20.2. The molecule has 8 nitrogen and oxygen atoms in total. The molecule has 3 aromatic heterocycles. The Hall–Kier alpha value is -3.81. The lowest BCUT2D eigenvalue weighted by Gasteiger charge is -2.07. The van der Waals surface area contributed by atoms with Crippen LogP contribution in [0.5, 0.6) is 0 Å². The van der Waals surface area contributed by atoms with E-state index in [1.807, 2.05) is 49.4 Å². The number of aromatic nitrogens is 5. The zero-order valence-corrected chi connectivity index (χ0v) is 15.9. The number of carbonyl (C=O) groups excluding carboxylic acids is 1. The number of amides is 1. The summed E-state index contributed by atoms with van der Waals surface area (Å²) in [6, 6.07) is 13.4. The van der Waals surface area contributed by atoms with E-state index in [-0.39, 0.29) is 24.4 Å². The van der Waals surface area contributed by atoms with Crippen molar-refractivity contribution in [2.75, 3.05) is 0 Å². The van der Waals surface area contributed by atoms with Gasteiger partial charge in [-0.05, 0) is 31.2 Å². The second kappa shape index (κ2) is 8.05. The van der Waals surface area contributed by atoms with E-state index in [0.717, 1.165) is 16.9 Å². The predicted octanol–water partition coefficient (Wildman–Crippen LogP) is 1.99. The van der Waals surface area contributed by atoms with Crippen molar-refractivity contribution in [1.82, 2.24) is 29.6 Å². The van der Waals surface area contributed by atoms with Crippen molar-refractivity contribution in [2.24, 2.45) is 0 Å². The molecular formula is C21H20N6O2. The number of fused-ring (bicyclic) bond motifs is 1. The van der Waals surface area contributed by atoms with Gasteiger partial charge in [-0.1, -0.05) is 23.8 Å². The number of hydrogen-bond acceptors (Lipinski definition) is 5. The quantitative estimate of drug-likeness (QED) is 0.545. The van der Waals surface area contributed by atoms with E-state index < -0.39 is 0 Å². The first-order valence-electron chi connectivity index (χ1n) is 9.28. The molecule has 0 bridgehead atoms. The van der Waals surface area contributed by atoms with Crippen molar-refractivity contribution in [3.05, 3.63) is 82.8 Å². The molecule has 146 valence electrons. The molecule has 0 saturated carbocycles. The van der Waals surface area contributed by atoms with Gasteiger partial charge >= 0.3 is 0 Å². The Morgan fingerprint density at radius 2 is 1.93 bits per heavy atom. The molecule has 1 amide bonds. The Balaban J connectivity index is 1.46. The number of hydrogen-bond donors (Lipinski definition) is 1. The third-order valence-corrected chi connectivity index (χ3v) is 4.61. The Morgan fingerprint density at radius 1 is 1.10 bits per heavy atom. The Kier molecular flexibility index (Phi) is 5.15.